The zero-order valence-electron chi connectivity index (χ0n) is 15.6. The number of benzene rings is 3. The molecule has 3 N–H and O–H groups in total. The van der Waals surface area contributed by atoms with Gasteiger partial charge in [-0.3, -0.25) is 4.79 Å². The lowest BCUT2D eigenvalue weighted by atomic mass is 10.1. The molecule has 6 heteroatoms. The first-order chi connectivity index (χ1) is 13.9. The molecule has 0 fully saturated rings. The van der Waals surface area contributed by atoms with Crippen LogP contribution < -0.4 is 10.1 Å². The van der Waals surface area contributed by atoms with E-state index >= 15 is 0 Å². The van der Waals surface area contributed by atoms with E-state index in [0.29, 0.717) is 11.3 Å². The maximum atomic E-state index is 12.3. The van der Waals surface area contributed by atoms with Crippen molar-refractivity contribution in [2.24, 2.45) is 0 Å². The number of aromatic hydroxyl groups is 1. The number of hydrogen-bond acceptors (Lipinski definition) is 4. The fraction of sp³-hybridized carbons (Fsp3) is 0.0435. The Kier molecular flexibility index (Phi) is 5.94. The van der Waals surface area contributed by atoms with Crippen LogP contribution in [0.1, 0.15) is 21.5 Å². The number of carboxylic acid groups (broad SMARTS) is 1. The minimum atomic E-state index is -1.30. The van der Waals surface area contributed by atoms with Gasteiger partial charge in [-0.05, 0) is 54.5 Å². The van der Waals surface area contributed by atoms with Crippen molar-refractivity contribution in [3.05, 3.63) is 95.2 Å². The van der Waals surface area contributed by atoms with E-state index in [1.165, 1.54) is 18.2 Å². The lowest BCUT2D eigenvalue weighted by molar-refractivity contribution is -0.132. The van der Waals surface area contributed by atoms with Gasteiger partial charge in [-0.2, -0.15) is 0 Å². The SMILES string of the molecule is Cc1ccccc1Oc1ccc(/C=C(\NC(=O)c2ccccc2O)C(=O)O)cc1. The molecule has 0 unspecified atom stereocenters. The average Bonchev–Trinajstić information content (AvgIpc) is 2.70. The van der Waals surface area contributed by atoms with Gasteiger partial charge in [0.25, 0.3) is 5.91 Å². The van der Waals surface area contributed by atoms with Crippen LogP contribution in [0.5, 0.6) is 17.2 Å². The molecule has 3 aromatic carbocycles. The summed E-state index contributed by atoms with van der Waals surface area (Å²) < 4.78 is 5.82. The molecule has 0 aromatic heterocycles. The lowest BCUT2D eigenvalue weighted by Gasteiger charge is -2.09. The van der Waals surface area contributed by atoms with Gasteiger partial charge >= 0.3 is 5.97 Å². The summed E-state index contributed by atoms with van der Waals surface area (Å²) in [6.45, 7) is 1.94. The van der Waals surface area contributed by atoms with E-state index in [9.17, 15) is 19.8 Å². The normalized spacial score (nSPS) is 11.0. The summed E-state index contributed by atoms with van der Waals surface area (Å²) in [4.78, 5) is 23.8. The first-order valence-electron chi connectivity index (χ1n) is 8.82. The van der Waals surface area contributed by atoms with E-state index in [0.717, 1.165) is 11.3 Å². The Bertz CT molecular complexity index is 1070. The maximum absolute atomic E-state index is 12.3. The van der Waals surface area contributed by atoms with Crippen LogP contribution in [0.4, 0.5) is 0 Å². The van der Waals surface area contributed by atoms with Crippen molar-refractivity contribution >= 4 is 18.0 Å². The summed E-state index contributed by atoms with van der Waals surface area (Å²) in [7, 11) is 0. The molecule has 3 rings (SSSR count). The second kappa shape index (κ2) is 8.75. The number of phenolic OH excluding ortho intramolecular Hbond substituents is 1. The van der Waals surface area contributed by atoms with Crippen molar-refractivity contribution in [2.45, 2.75) is 6.92 Å². The molecule has 29 heavy (non-hydrogen) atoms. The highest BCUT2D eigenvalue weighted by atomic mass is 16.5. The third-order valence-electron chi connectivity index (χ3n) is 4.14. The number of nitrogens with one attached hydrogen (secondary N) is 1. The number of rotatable bonds is 6. The number of carbonyl (C=O) groups excluding carboxylic acids is 1. The van der Waals surface area contributed by atoms with E-state index in [1.807, 2.05) is 31.2 Å². The van der Waals surface area contributed by atoms with Crippen molar-refractivity contribution in [3.63, 3.8) is 0 Å². The number of amides is 1. The van der Waals surface area contributed by atoms with Gasteiger partial charge in [-0.25, -0.2) is 4.79 Å². The fourth-order valence-electron chi connectivity index (χ4n) is 2.60. The van der Waals surface area contributed by atoms with E-state index < -0.39 is 11.9 Å². The van der Waals surface area contributed by atoms with Gasteiger partial charge in [0.05, 0.1) is 5.56 Å². The molecular weight excluding hydrogens is 370 g/mol. The van der Waals surface area contributed by atoms with E-state index in [-0.39, 0.29) is 17.0 Å². The van der Waals surface area contributed by atoms with E-state index in [4.69, 9.17) is 4.74 Å². The van der Waals surface area contributed by atoms with Crippen LogP contribution in [0.2, 0.25) is 0 Å². The van der Waals surface area contributed by atoms with E-state index in [2.05, 4.69) is 5.32 Å². The summed E-state index contributed by atoms with van der Waals surface area (Å²) in [5.74, 6) is -0.902. The Morgan fingerprint density at radius 2 is 1.59 bits per heavy atom. The van der Waals surface area contributed by atoms with Crippen LogP contribution in [0.3, 0.4) is 0 Å². The first kappa shape index (κ1) is 19.7. The molecule has 6 nitrogen and oxygen atoms in total. The molecule has 0 radical (unpaired) electrons. The number of carbonyl (C=O) groups is 2. The zero-order chi connectivity index (χ0) is 20.8. The number of ether oxygens (including phenoxy) is 1. The predicted octanol–water partition coefficient (Wildman–Crippen LogP) is 4.35. The standard InChI is InChI=1S/C23H19NO5/c1-15-6-2-5-9-21(15)29-17-12-10-16(11-13-17)14-19(23(27)28)24-22(26)18-7-3-4-8-20(18)25/h2-14,25H,1H3,(H,24,26)(H,27,28)/b19-14-. The van der Waals surface area contributed by atoms with Gasteiger partial charge in [0.1, 0.15) is 22.9 Å². The molecule has 1 amide bonds. The topological polar surface area (TPSA) is 95.9 Å². The van der Waals surface area contributed by atoms with Crippen LogP contribution in [0.15, 0.2) is 78.5 Å². The van der Waals surface area contributed by atoms with Gasteiger partial charge in [0.15, 0.2) is 0 Å². The van der Waals surface area contributed by atoms with Gasteiger partial charge in [0.2, 0.25) is 0 Å². The smallest absolute Gasteiger partial charge is 0.352 e. The van der Waals surface area contributed by atoms with Gasteiger partial charge < -0.3 is 20.3 Å². The second-order valence-electron chi connectivity index (χ2n) is 6.27. The minimum Gasteiger partial charge on any atom is -0.507 e. The number of aliphatic carboxylic acids is 1. The second-order valence-corrected chi connectivity index (χ2v) is 6.27. The molecule has 0 aliphatic heterocycles. The summed E-state index contributed by atoms with van der Waals surface area (Å²) in [5, 5.41) is 21.5. The monoisotopic (exact) mass is 389 g/mol. The van der Waals surface area contributed by atoms with Crippen LogP contribution in [-0.4, -0.2) is 22.1 Å². The summed E-state index contributed by atoms with van der Waals surface area (Å²) >= 11 is 0. The highest BCUT2D eigenvalue weighted by Crippen LogP contribution is 2.25. The van der Waals surface area contributed by atoms with Crippen molar-refractivity contribution < 1.29 is 24.5 Å². The molecule has 3 aromatic rings. The quantitative estimate of drug-likeness (QED) is 0.545. The Morgan fingerprint density at radius 3 is 2.24 bits per heavy atom. The third-order valence-corrected chi connectivity index (χ3v) is 4.14. The zero-order valence-corrected chi connectivity index (χ0v) is 15.6. The van der Waals surface area contributed by atoms with Crippen molar-refractivity contribution in [3.8, 4) is 17.2 Å². The van der Waals surface area contributed by atoms with Crippen molar-refractivity contribution in [1.82, 2.24) is 5.32 Å². The molecule has 0 bridgehead atoms. The van der Waals surface area contributed by atoms with Gasteiger partial charge in [0, 0.05) is 0 Å². The highest BCUT2D eigenvalue weighted by Gasteiger charge is 2.16. The Hall–Kier alpha value is -4.06. The van der Waals surface area contributed by atoms with Gasteiger partial charge in [-0.15, -0.1) is 0 Å². The van der Waals surface area contributed by atoms with Gasteiger partial charge in [-0.1, -0.05) is 42.5 Å². The minimum absolute atomic E-state index is 0.0124. The van der Waals surface area contributed by atoms with Crippen LogP contribution in [-0.2, 0) is 4.79 Å². The number of hydrogen-bond donors (Lipinski definition) is 3. The van der Waals surface area contributed by atoms with Crippen molar-refractivity contribution in [1.29, 1.82) is 0 Å². The Morgan fingerprint density at radius 1 is 0.931 bits per heavy atom. The molecule has 0 saturated carbocycles. The summed E-state index contributed by atoms with van der Waals surface area (Å²) in [5.41, 5.74) is 1.24. The fourth-order valence-corrected chi connectivity index (χ4v) is 2.60. The Balaban J connectivity index is 1.77. The summed E-state index contributed by atoms with van der Waals surface area (Å²) in [6.07, 6.45) is 1.33. The number of aryl methyl sites for hydroxylation is 1. The average molecular weight is 389 g/mol. The van der Waals surface area contributed by atoms with Crippen LogP contribution in [0.25, 0.3) is 6.08 Å². The summed E-state index contributed by atoms with van der Waals surface area (Å²) in [6, 6.07) is 20.3. The first-order valence-corrected chi connectivity index (χ1v) is 8.82. The number of para-hydroxylation sites is 2. The maximum Gasteiger partial charge on any atom is 0.352 e. The largest absolute Gasteiger partial charge is 0.507 e. The molecule has 0 atom stereocenters. The molecule has 0 aliphatic rings. The molecular formula is C23H19NO5. The highest BCUT2D eigenvalue weighted by molar-refractivity contribution is 6.04. The molecule has 0 heterocycles. The Labute approximate surface area is 167 Å². The lowest BCUT2D eigenvalue weighted by Crippen LogP contribution is -2.27. The molecule has 0 aliphatic carbocycles. The molecule has 0 spiro atoms. The number of carboxylic acids is 1. The predicted molar refractivity (Wildman–Crippen MR) is 109 cm³/mol. The molecule has 0 saturated heterocycles. The molecule has 146 valence electrons. The van der Waals surface area contributed by atoms with Crippen LogP contribution in [0, 0.1) is 6.92 Å². The van der Waals surface area contributed by atoms with Crippen LogP contribution >= 0.6 is 0 Å². The third kappa shape index (κ3) is 5.01. The van der Waals surface area contributed by atoms with E-state index in [1.54, 1.807) is 36.4 Å². The van der Waals surface area contributed by atoms with Crippen molar-refractivity contribution in [2.75, 3.05) is 0 Å². The number of phenols is 1.